The summed E-state index contributed by atoms with van der Waals surface area (Å²) in [7, 11) is -2.74. The van der Waals surface area contributed by atoms with E-state index in [1.165, 1.54) is 12.1 Å². The highest BCUT2D eigenvalue weighted by Crippen LogP contribution is 2.25. The molecule has 0 unspecified atom stereocenters. The van der Waals surface area contributed by atoms with Crippen LogP contribution in [0.2, 0.25) is 10.0 Å². The molecule has 4 aromatic rings. The Labute approximate surface area is 216 Å². The van der Waals surface area contributed by atoms with Crippen molar-refractivity contribution in [2.24, 2.45) is 0 Å². The van der Waals surface area contributed by atoms with E-state index in [9.17, 15) is 16.8 Å². The minimum absolute atomic E-state index is 0. The molecule has 0 aliphatic carbocycles. The van der Waals surface area contributed by atoms with Gasteiger partial charge in [0.25, 0.3) is 19.2 Å². The summed E-state index contributed by atoms with van der Waals surface area (Å²) < 4.78 is 57.5. The monoisotopic (exact) mass is 580 g/mol. The van der Waals surface area contributed by atoms with Crippen LogP contribution >= 0.6 is 33.9 Å². The summed E-state index contributed by atoms with van der Waals surface area (Å²) in [5.41, 5.74) is 0.980. The second kappa shape index (κ2) is 12.0. The van der Waals surface area contributed by atoms with Crippen LogP contribution in [0.5, 0.6) is 0 Å². The molecule has 0 bridgehead atoms. The SMILES string of the molecule is O=S(=O)(Cl)c1cc(Cl)ccc1Cn1cccn1.O=S(=O)(O)c1cc(Cl)ccc1Cn1cccn1.[NH4+]. The minimum atomic E-state index is -4.28. The molecular formula is C20H21Cl3N5O5S2+. The molecule has 2 heterocycles. The first-order valence-electron chi connectivity index (χ1n) is 9.37. The summed E-state index contributed by atoms with van der Waals surface area (Å²) in [6.07, 6.45) is 6.63. The number of rotatable bonds is 6. The van der Waals surface area contributed by atoms with Crippen molar-refractivity contribution < 1.29 is 21.4 Å². The maximum Gasteiger partial charge on any atom is 0.294 e. The lowest BCUT2D eigenvalue weighted by Crippen LogP contribution is -2.07. The number of benzene rings is 2. The van der Waals surface area contributed by atoms with Crippen LogP contribution in [0.15, 0.2) is 83.1 Å². The molecule has 2 aromatic carbocycles. The molecule has 5 N–H and O–H groups in total. The van der Waals surface area contributed by atoms with Crippen LogP contribution in [0.25, 0.3) is 0 Å². The molecule has 0 saturated carbocycles. The Kier molecular flexibility index (Phi) is 9.86. The molecule has 0 amide bonds. The zero-order valence-corrected chi connectivity index (χ0v) is 22.1. The first kappa shape index (κ1) is 28.8. The van der Waals surface area contributed by atoms with E-state index in [0.717, 1.165) is 0 Å². The van der Waals surface area contributed by atoms with Gasteiger partial charge in [0.2, 0.25) is 0 Å². The molecule has 4 rings (SSSR count). The van der Waals surface area contributed by atoms with Crippen LogP contribution in [-0.2, 0) is 32.3 Å². The summed E-state index contributed by atoms with van der Waals surface area (Å²) in [6.45, 7) is 0.574. The van der Waals surface area contributed by atoms with Crippen molar-refractivity contribution >= 4 is 53.1 Å². The highest BCUT2D eigenvalue weighted by atomic mass is 35.7. The first-order chi connectivity index (χ1) is 15.9. The lowest BCUT2D eigenvalue weighted by Gasteiger charge is -2.07. The Morgan fingerprint density at radius 2 is 1.20 bits per heavy atom. The zero-order valence-electron chi connectivity index (χ0n) is 18.2. The standard InChI is InChI=1S/C10H8Cl2N2O2S.C10H9ClN2O3S.H3N/c11-9-3-2-8(7-14-5-1-4-13-14)10(6-9)17(12,15)16;11-9-3-2-8(7-13-5-1-4-12-13)10(6-9)17(14,15)16;/h1-6H,7H2;1-6H,7H2,(H,14,15,16);1H3/p+1. The Balaban J connectivity index is 0.000000240. The normalized spacial score (nSPS) is 11.3. The molecule has 0 saturated heterocycles. The maximum atomic E-state index is 11.4. The molecule has 0 radical (unpaired) electrons. The second-order valence-electron chi connectivity index (χ2n) is 6.82. The van der Waals surface area contributed by atoms with Crippen molar-refractivity contribution in [1.29, 1.82) is 0 Å². The van der Waals surface area contributed by atoms with Gasteiger partial charge in [0.15, 0.2) is 0 Å². The predicted molar refractivity (Wildman–Crippen MR) is 134 cm³/mol. The fourth-order valence-corrected chi connectivity index (χ4v) is 5.28. The van der Waals surface area contributed by atoms with Crippen molar-refractivity contribution in [3.63, 3.8) is 0 Å². The average Bonchev–Trinajstić information content (AvgIpc) is 3.44. The van der Waals surface area contributed by atoms with E-state index >= 15 is 0 Å². The van der Waals surface area contributed by atoms with E-state index in [0.29, 0.717) is 22.7 Å². The molecule has 0 atom stereocenters. The van der Waals surface area contributed by atoms with Gasteiger partial charge in [-0.25, -0.2) is 8.42 Å². The van der Waals surface area contributed by atoms with Gasteiger partial charge in [-0.2, -0.15) is 18.6 Å². The third-order valence-electron chi connectivity index (χ3n) is 4.38. The molecule has 10 nitrogen and oxygen atoms in total. The van der Waals surface area contributed by atoms with Crippen molar-refractivity contribution in [2.45, 2.75) is 22.9 Å². The largest absolute Gasteiger partial charge is 0.369 e. The molecule has 0 spiro atoms. The summed E-state index contributed by atoms with van der Waals surface area (Å²) in [5.74, 6) is 0. The van der Waals surface area contributed by atoms with Crippen molar-refractivity contribution in [3.05, 3.63) is 94.5 Å². The maximum absolute atomic E-state index is 11.4. The third-order valence-corrected chi connectivity index (χ3v) is 7.19. The highest BCUT2D eigenvalue weighted by molar-refractivity contribution is 8.13. The fraction of sp³-hybridized carbons (Fsp3) is 0.100. The predicted octanol–water partition coefficient (Wildman–Crippen LogP) is 4.72. The van der Waals surface area contributed by atoms with Gasteiger partial charge >= 0.3 is 0 Å². The Morgan fingerprint density at radius 1 is 0.771 bits per heavy atom. The minimum Gasteiger partial charge on any atom is -0.369 e. The van der Waals surface area contributed by atoms with Crippen molar-refractivity contribution in [1.82, 2.24) is 25.7 Å². The van der Waals surface area contributed by atoms with E-state index in [1.807, 2.05) is 0 Å². The molecule has 2 aromatic heterocycles. The lowest BCUT2D eigenvalue weighted by atomic mass is 10.2. The summed E-state index contributed by atoms with van der Waals surface area (Å²) >= 11 is 11.5. The second-order valence-corrected chi connectivity index (χ2v) is 11.6. The van der Waals surface area contributed by atoms with E-state index in [1.54, 1.807) is 70.5 Å². The summed E-state index contributed by atoms with van der Waals surface area (Å²) in [6, 6.07) is 12.4. The molecule has 188 valence electrons. The highest BCUT2D eigenvalue weighted by Gasteiger charge is 2.17. The van der Waals surface area contributed by atoms with Crippen LogP contribution in [0.1, 0.15) is 11.1 Å². The molecule has 0 aliphatic heterocycles. The van der Waals surface area contributed by atoms with Crippen molar-refractivity contribution in [2.75, 3.05) is 0 Å². The Hall–Kier alpha value is -2.45. The Morgan fingerprint density at radius 3 is 1.57 bits per heavy atom. The van der Waals surface area contributed by atoms with Crippen LogP contribution in [0.4, 0.5) is 0 Å². The van der Waals surface area contributed by atoms with Gasteiger partial charge in [-0.15, -0.1) is 0 Å². The van der Waals surface area contributed by atoms with E-state index in [2.05, 4.69) is 10.2 Å². The molecule has 15 heteroatoms. The number of aromatic nitrogens is 4. The smallest absolute Gasteiger partial charge is 0.294 e. The first-order valence-corrected chi connectivity index (χ1v) is 13.9. The van der Waals surface area contributed by atoms with Gasteiger partial charge in [0, 0.05) is 45.5 Å². The van der Waals surface area contributed by atoms with Crippen molar-refractivity contribution in [3.8, 4) is 0 Å². The van der Waals surface area contributed by atoms with E-state index in [-0.39, 0.29) is 27.5 Å². The fourth-order valence-electron chi connectivity index (χ4n) is 2.92. The quantitative estimate of drug-likeness (QED) is 0.246. The zero-order chi connectivity index (χ0) is 24.9. The topological polar surface area (TPSA) is 161 Å². The van der Waals surface area contributed by atoms with Gasteiger partial charge in [0.1, 0.15) is 4.90 Å². The lowest BCUT2D eigenvalue weighted by molar-refractivity contribution is 0.481. The number of quaternary nitrogens is 1. The van der Waals surface area contributed by atoms with Gasteiger partial charge in [-0.1, -0.05) is 35.3 Å². The van der Waals surface area contributed by atoms with E-state index in [4.69, 9.17) is 38.4 Å². The number of nitrogens with zero attached hydrogens (tertiary/aromatic N) is 4. The molecule has 0 aliphatic rings. The van der Waals surface area contributed by atoms with Gasteiger partial charge in [-0.3, -0.25) is 13.9 Å². The molecule has 0 fully saturated rings. The van der Waals surface area contributed by atoms with Crippen LogP contribution in [0.3, 0.4) is 0 Å². The van der Waals surface area contributed by atoms with E-state index < -0.39 is 19.2 Å². The van der Waals surface area contributed by atoms with Gasteiger partial charge in [-0.05, 0) is 47.5 Å². The average molecular weight is 582 g/mol. The molecule has 35 heavy (non-hydrogen) atoms. The summed E-state index contributed by atoms with van der Waals surface area (Å²) in [4.78, 5) is -0.178. The van der Waals surface area contributed by atoms with Crippen LogP contribution in [-0.4, -0.2) is 40.9 Å². The number of hydrogen-bond acceptors (Lipinski definition) is 6. The number of halogens is 3. The number of hydrogen-bond donors (Lipinski definition) is 2. The van der Waals surface area contributed by atoms with Crippen LogP contribution < -0.4 is 6.15 Å². The molecular weight excluding hydrogens is 561 g/mol. The summed E-state index contributed by atoms with van der Waals surface area (Å²) in [5, 5.41) is 8.55. The third kappa shape index (κ3) is 8.32. The van der Waals surface area contributed by atoms with Gasteiger partial charge in [0.05, 0.1) is 18.0 Å². The Bertz CT molecular complexity index is 1360. The van der Waals surface area contributed by atoms with Crippen LogP contribution in [0, 0.1) is 0 Å². The van der Waals surface area contributed by atoms with Gasteiger partial charge < -0.3 is 6.15 Å².